The normalized spacial score (nSPS) is 12.3. The number of nitrogens with two attached hydrogens (primary N) is 1. The molecular formula is C10H7Cl3N4O. The van der Waals surface area contributed by atoms with Crippen LogP contribution >= 0.6 is 34.8 Å². The number of carbonyl (C=O) groups is 1. The van der Waals surface area contributed by atoms with Crippen molar-refractivity contribution in [3.63, 3.8) is 0 Å². The molecule has 1 aromatic rings. The van der Waals surface area contributed by atoms with Crippen molar-refractivity contribution in [1.82, 2.24) is 4.98 Å². The van der Waals surface area contributed by atoms with Crippen molar-refractivity contribution in [3.05, 3.63) is 35.8 Å². The summed E-state index contributed by atoms with van der Waals surface area (Å²) in [6, 6.07) is 4.80. The van der Waals surface area contributed by atoms with Gasteiger partial charge < -0.3 is 11.1 Å². The summed E-state index contributed by atoms with van der Waals surface area (Å²) in [7, 11) is 0. The van der Waals surface area contributed by atoms with Crippen molar-refractivity contribution >= 4 is 46.4 Å². The molecule has 0 aromatic carbocycles. The van der Waals surface area contributed by atoms with Gasteiger partial charge in [0, 0.05) is 6.20 Å². The van der Waals surface area contributed by atoms with Gasteiger partial charge in [-0.05, 0) is 12.1 Å². The molecule has 94 valence electrons. The molecule has 0 aliphatic heterocycles. The minimum absolute atomic E-state index is 0.396. The van der Waals surface area contributed by atoms with E-state index in [0.717, 1.165) is 0 Å². The molecular weight excluding hydrogens is 298 g/mol. The third-order valence-corrected chi connectivity index (χ3v) is 2.44. The lowest BCUT2D eigenvalue weighted by molar-refractivity contribution is -0.112. The molecule has 3 N–H and O–H groups in total. The van der Waals surface area contributed by atoms with Gasteiger partial charge >= 0.3 is 0 Å². The van der Waals surface area contributed by atoms with Crippen LogP contribution in [-0.4, -0.2) is 14.7 Å². The number of alkyl halides is 3. The molecule has 0 spiro atoms. The Hall–Kier alpha value is -1.48. The van der Waals surface area contributed by atoms with Crippen LogP contribution in [-0.2, 0) is 4.79 Å². The van der Waals surface area contributed by atoms with E-state index >= 15 is 0 Å². The van der Waals surface area contributed by atoms with Crippen LogP contribution in [0.1, 0.15) is 0 Å². The maximum absolute atomic E-state index is 11.8. The van der Waals surface area contributed by atoms with Crippen molar-refractivity contribution in [2.24, 2.45) is 5.73 Å². The van der Waals surface area contributed by atoms with E-state index < -0.39 is 21.0 Å². The number of nitrogens with zero attached hydrogens (tertiary/aromatic N) is 2. The number of halogens is 3. The zero-order chi connectivity index (χ0) is 13.8. The smallest absolute Gasteiger partial charge is 0.268 e. The fraction of sp³-hybridized carbons (Fsp3) is 0.100. The summed E-state index contributed by atoms with van der Waals surface area (Å²) < 4.78 is -2.02. The molecule has 5 nitrogen and oxygen atoms in total. The molecule has 0 radical (unpaired) electrons. The summed E-state index contributed by atoms with van der Waals surface area (Å²) >= 11 is 16.5. The minimum atomic E-state index is -2.02. The minimum Gasteiger partial charge on any atom is -0.397 e. The number of aromatic nitrogens is 1. The van der Waals surface area contributed by atoms with Gasteiger partial charge in [-0.15, -0.1) is 0 Å². The van der Waals surface area contributed by atoms with Gasteiger partial charge in [-0.2, -0.15) is 5.26 Å². The molecule has 18 heavy (non-hydrogen) atoms. The Morgan fingerprint density at radius 2 is 2.17 bits per heavy atom. The van der Waals surface area contributed by atoms with Crippen molar-refractivity contribution in [1.29, 1.82) is 5.26 Å². The number of amides is 1. The van der Waals surface area contributed by atoms with Crippen LogP contribution in [0, 0.1) is 11.3 Å². The van der Waals surface area contributed by atoms with Crippen LogP contribution in [0.5, 0.6) is 0 Å². The number of nitrogens with one attached hydrogen (secondary N) is 1. The fourth-order valence-electron chi connectivity index (χ4n) is 1.01. The molecule has 1 amide bonds. The number of allylic oxidation sites excluding steroid dienone is 1. The van der Waals surface area contributed by atoms with Crippen LogP contribution in [0.2, 0.25) is 0 Å². The Bertz CT molecular complexity index is 516. The second-order valence-electron chi connectivity index (χ2n) is 3.09. The summed E-state index contributed by atoms with van der Waals surface area (Å²) in [5.41, 5.74) is 4.95. The van der Waals surface area contributed by atoms with Crippen LogP contribution in [0.3, 0.4) is 0 Å². The lowest BCUT2D eigenvalue weighted by atomic mass is 10.2. The van der Waals surface area contributed by atoms with Gasteiger partial charge in [0.25, 0.3) is 5.91 Å². The molecule has 0 aliphatic rings. The summed E-state index contributed by atoms with van der Waals surface area (Å²) in [5.74, 6) is -0.769. The maximum atomic E-state index is 11.8. The number of rotatable bonds is 2. The topological polar surface area (TPSA) is 91.8 Å². The molecule has 0 saturated heterocycles. The monoisotopic (exact) mass is 304 g/mol. The second-order valence-corrected chi connectivity index (χ2v) is 5.38. The van der Waals surface area contributed by atoms with Gasteiger partial charge in [0.15, 0.2) is 0 Å². The van der Waals surface area contributed by atoms with E-state index in [9.17, 15) is 4.79 Å². The van der Waals surface area contributed by atoms with Crippen LogP contribution in [0.4, 0.5) is 5.69 Å². The Morgan fingerprint density at radius 1 is 1.50 bits per heavy atom. The highest BCUT2D eigenvalue weighted by atomic mass is 35.6. The van der Waals surface area contributed by atoms with Crippen LogP contribution < -0.4 is 11.1 Å². The summed E-state index contributed by atoms with van der Waals surface area (Å²) in [6.07, 6.45) is 2.94. The van der Waals surface area contributed by atoms with E-state index in [-0.39, 0.29) is 0 Å². The predicted octanol–water partition coefficient (Wildman–Crippen LogP) is 2.13. The van der Waals surface area contributed by atoms with E-state index in [1.807, 2.05) is 0 Å². The number of nitriles is 1. The maximum Gasteiger partial charge on any atom is 0.268 e. The first-order valence-electron chi connectivity index (χ1n) is 4.54. The quantitative estimate of drug-likeness (QED) is 0.497. The third-order valence-electron chi connectivity index (χ3n) is 1.83. The van der Waals surface area contributed by atoms with Gasteiger partial charge in [0.2, 0.25) is 3.79 Å². The van der Waals surface area contributed by atoms with Crippen LogP contribution in [0.15, 0.2) is 35.8 Å². The first-order chi connectivity index (χ1) is 8.36. The average Bonchev–Trinajstić information content (AvgIpc) is 2.29. The zero-order valence-corrected chi connectivity index (χ0v) is 11.1. The number of pyridine rings is 1. The van der Waals surface area contributed by atoms with Gasteiger partial charge in [0.05, 0.1) is 17.6 Å². The molecule has 0 aliphatic carbocycles. The Labute approximate surface area is 118 Å². The van der Waals surface area contributed by atoms with E-state index in [4.69, 9.17) is 45.8 Å². The second kappa shape index (κ2) is 5.91. The van der Waals surface area contributed by atoms with Gasteiger partial charge in [0.1, 0.15) is 11.6 Å². The van der Waals surface area contributed by atoms with Crippen molar-refractivity contribution in [2.45, 2.75) is 3.79 Å². The third kappa shape index (κ3) is 3.77. The first kappa shape index (κ1) is 14.6. The standard InChI is InChI=1S/C10H7Cl3N4O/c11-10(12,13)8(15)7(4-14)9(18)17-6-2-1-3-16-5-6/h1-3,5H,15H2,(H,17,18). The lowest BCUT2D eigenvalue weighted by Crippen LogP contribution is -2.24. The molecule has 8 heteroatoms. The Kier molecular flexibility index (Phi) is 4.79. The predicted molar refractivity (Wildman–Crippen MR) is 70.0 cm³/mol. The number of carbonyl (C=O) groups excluding carboxylic acids is 1. The number of hydrogen-bond donors (Lipinski definition) is 2. The van der Waals surface area contributed by atoms with E-state index in [1.54, 1.807) is 18.2 Å². The van der Waals surface area contributed by atoms with Crippen molar-refractivity contribution in [2.75, 3.05) is 5.32 Å². The molecule has 0 bridgehead atoms. The molecule has 1 heterocycles. The SMILES string of the molecule is N#CC(C(=O)Nc1cccnc1)=C(N)C(Cl)(Cl)Cl. The first-order valence-corrected chi connectivity index (χ1v) is 5.68. The highest BCUT2D eigenvalue weighted by molar-refractivity contribution is 6.69. The van der Waals surface area contributed by atoms with Gasteiger partial charge in [-0.25, -0.2) is 0 Å². The summed E-state index contributed by atoms with van der Waals surface area (Å²) in [5, 5.41) is 11.3. The van der Waals surface area contributed by atoms with Crippen LogP contribution in [0.25, 0.3) is 0 Å². The molecule has 1 rings (SSSR count). The number of anilines is 1. The van der Waals surface area contributed by atoms with E-state index in [1.165, 1.54) is 12.4 Å². The van der Waals surface area contributed by atoms with Gasteiger partial charge in [-0.3, -0.25) is 9.78 Å². The summed E-state index contributed by atoms with van der Waals surface area (Å²) in [4.78, 5) is 15.5. The Balaban J connectivity index is 2.99. The summed E-state index contributed by atoms with van der Waals surface area (Å²) in [6.45, 7) is 0. The zero-order valence-electron chi connectivity index (χ0n) is 8.82. The molecule has 0 fully saturated rings. The molecule has 0 unspecified atom stereocenters. The van der Waals surface area contributed by atoms with Crippen molar-refractivity contribution < 1.29 is 4.79 Å². The lowest BCUT2D eigenvalue weighted by Gasteiger charge is -2.13. The largest absolute Gasteiger partial charge is 0.397 e. The highest BCUT2D eigenvalue weighted by Crippen LogP contribution is 2.33. The van der Waals surface area contributed by atoms with E-state index in [0.29, 0.717) is 5.69 Å². The Morgan fingerprint density at radius 3 is 2.61 bits per heavy atom. The molecule has 0 atom stereocenters. The molecule has 1 aromatic heterocycles. The fourth-order valence-corrected chi connectivity index (χ4v) is 1.29. The average molecular weight is 306 g/mol. The highest BCUT2D eigenvalue weighted by Gasteiger charge is 2.29. The van der Waals surface area contributed by atoms with Gasteiger partial charge in [-0.1, -0.05) is 34.8 Å². The number of hydrogen-bond acceptors (Lipinski definition) is 4. The molecule has 0 saturated carbocycles. The van der Waals surface area contributed by atoms with Crippen molar-refractivity contribution in [3.8, 4) is 6.07 Å². The van der Waals surface area contributed by atoms with E-state index in [2.05, 4.69) is 10.3 Å².